The Balaban J connectivity index is 2.37. The van der Waals surface area contributed by atoms with Crippen LogP contribution in [0.15, 0.2) is 23.6 Å². The van der Waals surface area contributed by atoms with Gasteiger partial charge >= 0.3 is 0 Å². The second kappa shape index (κ2) is 6.56. The molecule has 0 fully saturated rings. The SMILES string of the molecule is C#CC1=C(N)Oc2c(c(C)nn2C)C1c1c(OC)cc(OC)cc1OC. The summed E-state index contributed by atoms with van der Waals surface area (Å²) in [5, 5.41) is 4.45. The van der Waals surface area contributed by atoms with Crippen LogP contribution in [0.1, 0.15) is 22.7 Å². The maximum Gasteiger partial charge on any atom is 0.224 e. The summed E-state index contributed by atoms with van der Waals surface area (Å²) in [5.74, 6) is 4.71. The average Bonchev–Trinajstić information content (AvgIpc) is 2.92. The predicted octanol–water partition coefficient (Wildman–Crippen LogP) is 2.08. The Hall–Kier alpha value is -3.27. The van der Waals surface area contributed by atoms with Crippen LogP contribution in [0, 0.1) is 19.3 Å². The summed E-state index contributed by atoms with van der Waals surface area (Å²) < 4.78 is 23.9. The van der Waals surface area contributed by atoms with Gasteiger partial charge in [0.1, 0.15) is 17.2 Å². The predicted molar refractivity (Wildman–Crippen MR) is 96.6 cm³/mol. The quantitative estimate of drug-likeness (QED) is 0.846. The number of nitrogens with two attached hydrogens (primary N) is 1. The molecular weight excluding hydrogens is 334 g/mol. The molecule has 7 heteroatoms. The van der Waals surface area contributed by atoms with Gasteiger partial charge in [-0.1, -0.05) is 5.92 Å². The van der Waals surface area contributed by atoms with Gasteiger partial charge in [-0.15, -0.1) is 6.42 Å². The second-order valence-electron chi connectivity index (χ2n) is 5.83. The van der Waals surface area contributed by atoms with Crippen molar-refractivity contribution in [3.63, 3.8) is 0 Å². The van der Waals surface area contributed by atoms with Crippen LogP contribution in [-0.2, 0) is 7.05 Å². The minimum absolute atomic E-state index is 0.160. The van der Waals surface area contributed by atoms with E-state index in [-0.39, 0.29) is 5.88 Å². The molecule has 0 saturated carbocycles. The molecule has 0 aliphatic carbocycles. The van der Waals surface area contributed by atoms with E-state index in [1.165, 1.54) is 0 Å². The fourth-order valence-corrected chi connectivity index (χ4v) is 3.31. The van der Waals surface area contributed by atoms with Gasteiger partial charge in [-0.2, -0.15) is 5.10 Å². The molecule has 136 valence electrons. The molecule has 1 aliphatic heterocycles. The van der Waals surface area contributed by atoms with Crippen LogP contribution in [-0.4, -0.2) is 31.1 Å². The molecule has 3 rings (SSSR count). The van der Waals surface area contributed by atoms with E-state index in [9.17, 15) is 0 Å². The number of ether oxygens (including phenoxy) is 4. The summed E-state index contributed by atoms with van der Waals surface area (Å²) in [6, 6.07) is 3.56. The number of benzene rings is 1. The molecule has 1 atom stereocenters. The van der Waals surface area contributed by atoms with E-state index < -0.39 is 5.92 Å². The Morgan fingerprint density at radius 1 is 1.15 bits per heavy atom. The summed E-state index contributed by atoms with van der Waals surface area (Å²) in [4.78, 5) is 0. The zero-order valence-electron chi connectivity index (χ0n) is 15.4. The van der Waals surface area contributed by atoms with Gasteiger partial charge in [0.15, 0.2) is 0 Å². The number of hydrogen-bond donors (Lipinski definition) is 1. The van der Waals surface area contributed by atoms with Crippen LogP contribution < -0.4 is 24.7 Å². The number of nitrogens with zero attached hydrogens (tertiary/aromatic N) is 2. The molecular formula is C19H21N3O4. The van der Waals surface area contributed by atoms with Crippen molar-refractivity contribution in [3.05, 3.63) is 40.4 Å². The minimum atomic E-state index is -0.409. The Morgan fingerprint density at radius 3 is 2.27 bits per heavy atom. The van der Waals surface area contributed by atoms with E-state index in [4.69, 9.17) is 31.1 Å². The van der Waals surface area contributed by atoms with Gasteiger partial charge < -0.3 is 24.7 Å². The molecule has 1 aliphatic rings. The van der Waals surface area contributed by atoms with Crippen LogP contribution in [0.25, 0.3) is 0 Å². The fraction of sp³-hybridized carbons (Fsp3) is 0.316. The lowest BCUT2D eigenvalue weighted by molar-refractivity contribution is 0.349. The maximum absolute atomic E-state index is 6.12. The molecule has 2 aromatic rings. The monoisotopic (exact) mass is 355 g/mol. The summed E-state index contributed by atoms with van der Waals surface area (Å²) >= 11 is 0. The molecule has 0 spiro atoms. The highest BCUT2D eigenvalue weighted by atomic mass is 16.5. The zero-order chi connectivity index (χ0) is 19.0. The molecule has 26 heavy (non-hydrogen) atoms. The van der Waals surface area contributed by atoms with Gasteiger partial charge in [0.2, 0.25) is 11.8 Å². The highest BCUT2D eigenvalue weighted by Crippen LogP contribution is 2.50. The van der Waals surface area contributed by atoms with Gasteiger partial charge in [-0.25, -0.2) is 4.68 Å². The highest BCUT2D eigenvalue weighted by Gasteiger charge is 2.38. The first-order chi connectivity index (χ1) is 12.5. The highest BCUT2D eigenvalue weighted by molar-refractivity contribution is 5.64. The second-order valence-corrected chi connectivity index (χ2v) is 5.83. The Morgan fingerprint density at radius 2 is 1.77 bits per heavy atom. The van der Waals surface area contributed by atoms with E-state index in [2.05, 4.69) is 11.0 Å². The lowest BCUT2D eigenvalue weighted by Crippen LogP contribution is -2.22. The molecule has 0 saturated heterocycles. The molecule has 7 nitrogen and oxygen atoms in total. The lowest BCUT2D eigenvalue weighted by Gasteiger charge is -2.28. The van der Waals surface area contributed by atoms with Crippen molar-refractivity contribution in [2.45, 2.75) is 12.8 Å². The topological polar surface area (TPSA) is 80.8 Å². The summed E-state index contributed by atoms with van der Waals surface area (Å²) in [7, 11) is 6.53. The van der Waals surface area contributed by atoms with Gasteiger partial charge in [-0.05, 0) is 6.92 Å². The molecule has 0 amide bonds. The first-order valence-electron chi connectivity index (χ1n) is 7.94. The van der Waals surface area contributed by atoms with Gasteiger partial charge in [0.25, 0.3) is 0 Å². The van der Waals surface area contributed by atoms with Crippen molar-refractivity contribution in [2.75, 3.05) is 21.3 Å². The standard InChI is InChI=1S/C19H21N3O4/c1-7-12-16(15-10(2)21-22(3)19(15)26-18(12)20)17-13(24-5)8-11(23-4)9-14(17)25-6/h1,8-9,16H,20H2,2-6H3. The van der Waals surface area contributed by atoms with Gasteiger partial charge in [0, 0.05) is 24.7 Å². The van der Waals surface area contributed by atoms with Crippen molar-refractivity contribution in [1.82, 2.24) is 9.78 Å². The summed E-state index contributed by atoms with van der Waals surface area (Å²) in [6.07, 6.45) is 5.77. The third kappa shape index (κ3) is 2.51. The Kier molecular flexibility index (Phi) is 4.43. The van der Waals surface area contributed by atoms with E-state index in [0.717, 1.165) is 16.8 Å². The minimum Gasteiger partial charge on any atom is -0.496 e. The third-order valence-corrected chi connectivity index (χ3v) is 4.46. The Labute approximate surface area is 152 Å². The Bertz CT molecular complexity index is 912. The van der Waals surface area contributed by atoms with Gasteiger partial charge in [-0.3, -0.25) is 0 Å². The van der Waals surface area contributed by atoms with Crippen molar-refractivity contribution < 1.29 is 18.9 Å². The number of aromatic nitrogens is 2. The van der Waals surface area contributed by atoms with Crippen LogP contribution in [0.2, 0.25) is 0 Å². The summed E-state index contributed by atoms with van der Waals surface area (Å²) in [5.41, 5.74) is 8.97. The van der Waals surface area contributed by atoms with Crippen LogP contribution in [0.4, 0.5) is 0 Å². The van der Waals surface area contributed by atoms with E-state index in [1.807, 2.05) is 6.92 Å². The largest absolute Gasteiger partial charge is 0.496 e. The number of rotatable bonds is 4. The molecule has 1 unspecified atom stereocenters. The first-order valence-corrected chi connectivity index (χ1v) is 7.94. The number of allylic oxidation sites excluding steroid dienone is 1. The first kappa shape index (κ1) is 17.5. The molecule has 0 bridgehead atoms. The van der Waals surface area contributed by atoms with Crippen LogP contribution in [0.3, 0.4) is 0 Å². The molecule has 0 radical (unpaired) electrons. The molecule has 2 heterocycles. The van der Waals surface area contributed by atoms with Crippen molar-refractivity contribution in [1.29, 1.82) is 0 Å². The lowest BCUT2D eigenvalue weighted by atomic mass is 9.82. The molecule has 1 aromatic carbocycles. The van der Waals surface area contributed by atoms with Crippen LogP contribution in [0.5, 0.6) is 23.1 Å². The zero-order valence-corrected chi connectivity index (χ0v) is 15.4. The third-order valence-electron chi connectivity index (χ3n) is 4.46. The smallest absolute Gasteiger partial charge is 0.224 e. The van der Waals surface area contributed by atoms with Crippen molar-refractivity contribution >= 4 is 0 Å². The van der Waals surface area contributed by atoms with E-state index >= 15 is 0 Å². The number of methoxy groups -OCH3 is 3. The van der Waals surface area contributed by atoms with Crippen LogP contribution >= 0.6 is 0 Å². The summed E-state index contributed by atoms with van der Waals surface area (Å²) in [6.45, 7) is 1.90. The molecule has 1 aromatic heterocycles. The number of hydrogen-bond acceptors (Lipinski definition) is 6. The normalized spacial score (nSPS) is 15.8. The number of aryl methyl sites for hydroxylation is 2. The average molecular weight is 355 g/mol. The number of fused-ring (bicyclic) bond motifs is 1. The van der Waals surface area contributed by atoms with Crippen molar-refractivity contribution in [3.8, 4) is 35.5 Å². The van der Waals surface area contributed by atoms with E-state index in [0.29, 0.717) is 28.7 Å². The van der Waals surface area contributed by atoms with Gasteiger partial charge in [0.05, 0.1) is 44.1 Å². The van der Waals surface area contributed by atoms with Crippen molar-refractivity contribution in [2.24, 2.45) is 12.8 Å². The fourth-order valence-electron chi connectivity index (χ4n) is 3.31. The number of terminal acetylenes is 1. The molecule has 2 N–H and O–H groups in total. The maximum atomic E-state index is 6.12. The van der Waals surface area contributed by atoms with E-state index in [1.54, 1.807) is 45.2 Å².